The molecule has 98 valence electrons. The molecule has 3 heteroatoms. The molecular formula is C15H22N2O. The summed E-state index contributed by atoms with van der Waals surface area (Å²) in [5, 5.41) is 3.48. The Balaban J connectivity index is 2.40. The van der Waals surface area contributed by atoms with Crippen LogP contribution in [0.1, 0.15) is 34.1 Å². The quantitative estimate of drug-likeness (QED) is 0.826. The molecule has 0 spiro atoms. The maximum Gasteiger partial charge on any atom is 0.229 e. The van der Waals surface area contributed by atoms with E-state index in [9.17, 15) is 4.79 Å². The summed E-state index contributed by atoms with van der Waals surface area (Å²) in [4.78, 5) is 14.5. The van der Waals surface area contributed by atoms with Crippen molar-refractivity contribution >= 4 is 11.6 Å². The van der Waals surface area contributed by atoms with Gasteiger partial charge in [0, 0.05) is 24.2 Å². The number of para-hydroxylation sites is 1. The number of rotatable bonds is 1. The third kappa shape index (κ3) is 2.56. The Labute approximate surface area is 109 Å². The number of anilines is 1. The van der Waals surface area contributed by atoms with Crippen LogP contribution in [-0.2, 0) is 4.79 Å². The summed E-state index contributed by atoms with van der Waals surface area (Å²) < 4.78 is 0. The van der Waals surface area contributed by atoms with Crippen molar-refractivity contribution in [1.82, 2.24) is 5.32 Å². The van der Waals surface area contributed by atoms with E-state index in [1.807, 2.05) is 35.2 Å². The van der Waals surface area contributed by atoms with Crippen molar-refractivity contribution in [2.45, 2.75) is 45.2 Å². The van der Waals surface area contributed by atoms with Crippen LogP contribution in [0.5, 0.6) is 0 Å². The first-order valence-electron chi connectivity index (χ1n) is 6.45. The van der Waals surface area contributed by atoms with Crippen LogP contribution in [0.2, 0.25) is 0 Å². The highest BCUT2D eigenvalue weighted by molar-refractivity contribution is 5.95. The molecule has 0 saturated carbocycles. The predicted octanol–water partition coefficient (Wildman–Crippen LogP) is 2.57. The Morgan fingerprint density at radius 3 is 2.33 bits per heavy atom. The van der Waals surface area contributed by atoms with E-state index >= 15 is 0 Å². The van der Waals surface area contributed by atoms with Crippen LogP contribution in [0.15, 0.2) is 30.3 Å². The van der Waals surface area contributed by atoms with E-state index in [0.717, 1.165) is 12.2 Å². The summed E-state index contributed by atoms with van der Waals surface area (Å²) in [6.07, 6.45) is 0.519. The van der Waals surface area contributed by atoms with Gasteiger partial charge in [-0.1, -0.05) is 18.2 Å². The van der Waals surface area contributed by atoms with Crippen molar-refractivity contribution < 1.29 is 4.79 Å². The number of benzene rings is 1. The van der Waals surface area contributed by atoms with Gasteiger partial charge in [0.2, 0.25) is 5.91 Å². The zero-order valence-electron chi connectivity index (χ0n) is 11.7. The minimum atomic E-state index is -0.216. The van der Waals surface area contributed by atoms with Gasteiger partial charge in [0.15, 0.2) is 0 Å². The number of amides is 1. The highest BCUT2D eigenvalue weighted by Crippen LogP contribution is 2.29. The monoisotopic (exact) mass is 246 g/mol. The van der Waals surface area contributed by atoms with Gasteiger partial charge in [0.1, 0.15) is 0 Å². The zero-order valence-corrected chi connectivity index (χ0v) is 11.7. The zero-order chi connectivity index (χ0) is 13.4. The van der Waals surface area contributed by atoms with Crippen LogP contribution in [0.3, 0.4) is 0 Å². The lowest BCUT2D eigenvalue weighted by Gasteiger charge is -2.37. The highest BCUT2D eigenvalue weighted by Gasteiger charge is 2.39. The van der Waals surface area contributed by atoms with Gasteiger partial charge in [-0.05, 0) is 39.8 Å². The van der Waals surface area contributed by atoms with E-state index < -0.39 is 0 Å². The summed E-state index contributed by atoms with van der Waals surface area (Å²) in [6.45, 7) is 9.16. The van der Waals surface area contributed by atoms with Crippen LogP contribution < -0.4 is 10.2 Å². The van der Waals surface area contributed by atoms with E-state index in [2.05, 4.69) is 33.0 Å². The molecule has 3 nitrogen and oxygen atoms in total. The van der Waals surface area contributed by atoms with Gasteiger partial charge in [0.05, 0.1) is 5.54 Å². The van der Waals surface area contributed by atoms with Gasteiger partial charge in [-0.3, -0.25) is 4.79 Å². The highest BCUT2D eigenvalue weighted by atomic mass is 16.2. The first-order valence-corrected chi connectivity index (χ1v) is 6.45. The number of nitrogens with zero attached hydrogens (tertiary/aromatic N) is 1. The Bertz CT molecular complexity index is 437. The summed E-state index contributed by atoms with van der Waals surface area (Å²) in [5.41, 5.74) is 0.622. The van der Waals surface area contributed by atoms with Gasteiger partial charge in [-0.2, -0.15) is 0 Å². The third-order valence-corrected chi connectivity index (χ3v) is 3.46. The fourth-order valence-corrected chi connectivity index (χ4v) is 2.46. The largest absolute Gasteiger partial charge is 0.309 e. The van der Waals surface area contributed by atoms with Crippen LogP contribution >= 0.6 is 0 Å². The summed E-state index contributed by atoms with van der Waals surface area (Å²) in [5.74, 6) is 0.182. The molecule has 1 aliphatic heterocycles. The lowest BCUT2D eigenvalue weighted by Crippen LogP contribution is -2.51. The van der Waals surface area contributed by atoms with Crippen LogP contribution in [-0.4, -0.2) is 23.5 Å². The van der Waals surface area contributed by atoms with E-state index in [-0.39, 0.29) is 17.0 Å². The van der Waals surface area contributed by atoms with E-state index in [0.29, 0.717) is 6.42 Å². The molecule has 1 heterocycles. The molecule has 18 heavy (non-hydrogen) atoms. The number of nitrogens with one attached hydrogen (secondary N) is 1. The molecule has 0 unspecified atom stereocenters. The molecule has 0 bridgehead atoms. The minimum absolute atomic E-state index is 0.141. The molecular weight excluding hydrogens is 224 g/mol. The SMILES string of the molecule is CC1(C)CC(=O)N(c2ccccc2)C(C)(C)CN1. The van der Waals surface area contributed by atoms with Gasteiger partial charge >= 0.3 is 0 Å². The minimum Gasteiger partial charge on any atom is -0.309 e. The van der Waals surface area contributed by atoms with Gasteiger partial charge < -0.3 is 10.2 Å². The van der Waals surface area contributed by atoms with Crippen molar-refractivity contribution in [2.24, 2.45) is 0 Å². The number of carbonyl (C=O) groups excluding carboxylic acids is 1. The molecule has 1 fully saturated rings. The molecule has 1 N–H and O–H groups in total. The molecule has 0 atom stereocenters. The molecule has 2 rings (SSSR count). The fourth-order valence-electron chi connectivity index (χ4n) is 2.46. The van der Waals surface area contributed by atoms with Crippen LogP contribution in [0.4, 0.5) is 5.69 Å². The molecule has 1 aromatic rings. The van der Waals surface area contributed by atoms with Crippen molar-refractivity contribution in [1.29, 1.82) is 0 Å². The van der Waals surface area contributed by atoms with Gasteiger partial charge in [-0.25, -0.2) is 0 Å². The lowest BCUT2D eigenvalue weighted by molar-refractivity contribution is -0.120. The Morgan fingerprint density at radius 1 is 1.11 bits per heavy atom. The summed E-state index contributed by atoms with van der Waals surface area (Å²) in [6, 6.07) is 9.92. The molecule has 0 aromatic heterocycles. The van der Waals surface area contributed by atoms with Crippen LogP contribution in [0.25, 0.3) is 0 Å². The number of hydrogen-bond donors (Lipinski definition) is 1. The first-order chi connectivity index (χ1) is 8.32. The van der Waals surface area contributed by atoms with Crippen molar-refractivity contribution in [3.8, 4) is 0 Å². The second kappa shape index (κ2) is 4.39. The van der Waals surface area contributed by atoms with E-state index in [1.54, 1.807) is 0 Å². The lowest BCUT2D eigenvalue weighted by atomic mass is 10.0. The maximum atomic E-state index is 12.5. The third-order valence-electron chi connectivity index (χ3n) is 3.46. The second-order valence-electron chi connectivity index (χ2n) is 6.29. The molecule has 1 aromatic carbocycles. The van der Waals surface area contributed by atoms with Gasteiger partial charge in [0.25, 0.3) is 0 Å². The Hall–Kier alpha value is -1.35. The fraction of sp³-hybridized carbons (Fsp3) is 0.533. The molecule has 0 radical (unpaired) electrons. The van der Waals surface area contributed by atoms with Crippen LogP contribution in [0, 0.1) is 0 Å². The average molecular weight is 246 g/mol. The normalized spacial score (nSPS) is 22.7. The molecule has 1 amide bonds. The summed E-state index contributed by atoms with van der Waals surface area (Å²) >= 11 is 0. The van der Waals surface area contributed by atoms with E-state index in [1.165, 1.54) is 0 Å². The number of hydrogen-bond acceptors (Lipinski definition) is 2. The predicted molar refractivity (Wildman–Crippen MR) is 74.7 cm³/mol. The van der Waals surface area contributed by atoms with Crippen molar-refractivity contribution in [2.75, 3.05) is 11.4 Å². The van der Waals surface area contributed by atoms with Crippen molar-refractivity contribution in [3.05, 3.63) is 30.3 Å². The van der Waals surface area contributed by atoms with Gasteiger partial charge in [-0.15, -0.1) is 0 Å². The Kier molecular flexibility index (Phi) is 3.20. The van der Waals surface area contributed by atoms with Crippen molar-refractivity contribution in [3.63, 3.8) is 0 Å². The average Bonchev–Trinajstić information content (AvgIpc) is 2.34. The standard InChI is InChI=1S/C15H22N2O/c1-14(2)10-13(18)17(15(3,4)11-16-14)12-8-6-5-7-9-12/h5-9,16H,10-11H2,1-4H3. The molecule has 1 aliphatic rings. The number of carbonyl (C=O) groups is 1. The maximum absolute atomic E-state index is 12.5. The Morgan fingerprint density at radius 2 is 1.72 bits per heavy atom. The molecule has 0 aliphatic carbocycles. The topological polar surface area (TPSA) is 32.3 Å². The second-order valence-corrected chi connectivity index (χ2v) is 6.29. The summed E-state index contributed by atoms with van der Waals surface area (Å²) in [7, 11) is 0. The smallest absolute Gasteiger partial charge is 0.229 e. The van der Waals surface area contributed by atoms with E-state index in [4.69, 9.17) is 0 Å². The first kappa shape index (κ1) is 13.1. The molecule has 1 saturated heterocycles.